The summed E-state index contributed by atoms with van der Waals surface area (Å²) < 4.78 is 5.49. The number of carbonyl (C=O) groups excluding carboxylic acids is 2. The summed E-state index contributed by atoms with van der Waals surface area (Å²) in [6.07, 6.45) is 0.791. The lowest BCUT2D eigenvalue weighted by molar-refractivity contribution is -0.173. The van der Waals surface area contributed by atoms with Crippen molar-refractivity contribution < 1.29 is 29.3 Å². The van der Waals surface area contributed by atoms with E-state index in [1.165, 1.54) is 11.1 Å². The number of nitrogens with zero attached hydrogens (tertiary/aromatic N) is 2. The van der Waals surface area contributed by atoms with Crippen LogP contribution in [0.25, 0.3) is 11.1 Å². The maximum Gasteiger partial charge on any atom is 0.407 e. The van der Waals surface area contributed by atoms with Crippen molar-refractivity contribution in [3.05, 3.63) is 75.7 Å². The van der Waals surface area contributed by atoms with Gasteiger partial charge in [0, 0.05) is 5.92 Å². The topological polar surface area (TPSA) is 129 Å². The molecule has 0 bridgehead atoms. The van der Waals surface area contributed by atoms with Gasteiger partial charge >= 0.3 is 12.1 Å². The van der Waals surface area contributed by atoms with Gasteiger partial charge in [-0.1, -0.05) is 48.5 Å². The second-order valence-corrected chi connectivity index (χ2v) is 9.41. The number of amides is 2. The van der Waals surface area contributed by atoms with Crippen molar-refractivity contribution in [3.8, 4) is 11.1 Å². The van der Waals surface area contributed by atoms with Crippen LogP contribution in [0.3, 0.4) is 0 Å². The average Bonchev–Trinajstić information content (AvgIpc) is 3.42. The first-order valence-corrected chi connectivity index (χ1v) is 11.5. The van der Waals surface area contributed by atoms with Gasteiger partial charge in [0.1, 0.15) is 16.5 Å². The number of hydrogen-bond donors (Lipinski definition) is 3. The molecule has 34 heavy (non-hydrogen) atoms. The fraction of sp³-hybridized carbons (Fsp3) is 0.250. The molecule has 2 aromatic carbocycles. The number of alkyl carbamates (subject to hydrolysis) is 1. The van der Waals surface area contributed by atoms with Crippen LogP contribution < -0.4 is 5.32 Å². The minimum absolute atomic E-state index is 0.0387. The molecule has 0 spiro atoms. The Hall–Kier alpha value is -3.76. The molecule has 3 aromatic rings. The summed E-state index contributed by atoms with van der Waals surface area (Å²) in [6.45, 7) is -0.255. The highest BCUT2D eigenvalue weighted by Crippen LogP contribution is 2.44. The number of carbonyl (C=O) groups is 3. The second-order valence-electron chi connectivity index (χ2n) is 8.30. The van der Waals surface area contributed by atoms with E-state index in [4.69, 9.17) is 9.84 Å². The second kappa shape index (κ2) is 8.54. The number of fused-ring (bicyclic) bond motifs is 3. The van der Waals surface area contributed by atoms with Crippen LogP contribution in [-0.2, 0) is 16.1 Å². The van der Waals surface area contributed by atoms with E-state index in [1.807, 2.05) is 36.4 Å². The van der Waals surface area contributed by atoms with E-state index in [1.54, 1.807) is 0 Å². The van der Waals surface area contributed by atoms with Crippen molar-refractivity contribution in [1.82, 2.24) is 15.2 Å². The summed E-state index contributed by atoms with van der Waals surface area (Å²) >= 11 is 1.09. The molecular weight excluding hydrogens is 458 g/mol. The first kappa shape index (κ1) is 22.1. The van der Waals surface area contributed by atoms with Crippen LogP contribution in [0.2, 0.25) is 0 Å². The largest absolute Gasteiger partial charge is 0.479 e. The highest BCUT2D eigenvalue weighted by molar-refractivity contribution is 7.13. The minimum atomic E-state index is -1.89. The predicted molar refractivity (Wildman–Crippen MR) is 123 cm³/mol. The molecule has 1 aliphatic carbocycles. The Balaban J connectivity index is 1.14. The van der Waals surface area contributed by atoms with E-state index in [9.17, 15) is 19.5 Å². The molecule has 2 heterocycles. The molecular formula is C24H21N3O6S. The molecule has 1 aromatic heterocycles. The van der Waals surface area contributed by atoms with E-state index in [0.29, 0.717) is 9.88 Å². The summed E-state index contributed by atoms with van der Waals surface area (Å²) in [7, 11) is 0. The van der Waals surface area contributed by atoms with Crippen molar-refractivity contribution in [1.29, 1.82) is 0 Å². The number of aliphatic hydroxyl groups is 1. The van der Waals surface area contributed by atoms with Gasteiger partial charge in [-0.3, -0.25) is 4.79 Å². The number of carboxylic acids is 1. The Morgan fingerprint density at radius 3 is 2.32 bits per heavy atom. The molecule has 174 valence electrons. The van der Waals surface area contributed by atoms with E-state index in [-0.39, 0.29) is 32.2 Å². The molecule has 10 heteroatoms. The van der Waals surface area contributed by atoms with Crippen LogP contribution in [0, 0.1) is 0 Å². The number of nitrogens with one attached hydrogen (secondary N) is 1. The highest BCUT2D eigenvalue weighted by Gasteiger charge is 2.50. The summed E-state index contributed by atoms with van der Waals surface area (Å²) in [5.74, 6) is -1.80. The molecule has 0 saturated carbocycles. The van der Waals surface area contributed by atoms with Crippen LogP contribution in [0.1, 0.15) is 31.7 Å². The van der Waals surface area contributed by atoms with Crippen LogP contribution in [-0.4, -0.2) is 63.4 Å². The number of likely N-dealkylation sites (tertiary alicyclic amines) is 1. The average molecular weight is 480 g/mol. The number of hydrogen-bond acceptors (Lipinski definition) is 7. The molecule has 1 saturated heterocycles. The molecule has 9 nitrogen and oxygen atoms in total. The molecule has 1 aliphatic heterocycles. The van der Waals surface area contributed by atoms with Crippen LogP contribution in [0.4, 0.5) is 4.79 Å². The maximum atomic E-state index is 12.4. The van der Waals surface area contributed by atoms with Gasteiger partial charge in [-0.2, -0.15) is 0 Å². The normalized spacial score (nSPS) is 15.7. The molecule has 1 fully saturated rings. The van der Waals surface area contributed by atoms with E-state index in [2.05, 4.69) is 22.4 Å². The molecule has 2 aliphatic rings. The number of rotatable bonds is 6. The van der Waals surface area contributed by atoms with Gasteiger partial charge in [0.15, 0.2) is 5.60 Å². The maximum absolute atomic E-state index is 12.4. The zero-order valence-electron chi connectivity index (χ0n) is 17.9. The van der Waals surface area contributed by atoms with Gasteiger partial charge in [-0.05, 0) is 22.3 Å². The number of thiazole rings is 1. The zero-order chi connectivity index (χ0) is 23.9. The van der Waals surface area contributed by atoms with Crippen LogP contribution in [0.15, 0.2) is 54.7 Å². The molecule has 0 unspecified atom stereocenters. The third kappa shape index (κ3) is 3.91. The Kier molecular flexibility index (Phi) is 5.54. The summed E-state index contributed by atoms with van der Waals surface area (Å²) in [4.78, 5) is 41.4. The number of aliphatic carboxylic acids is 1. The van der Waals surface area contributed by atoms with E-state index < -0.39 is 23.6 Å². The first-order chi connectivity index (χ1) is 16.4. The summed E-state index contributed by atoms with van der Waals surface area (Å²) in [5.41, 5.74) is 2.65. The van der Waals surface area contributed by atoms with E-state index in [0.717, 1.165) is 33.6 Å². The molecule has 5 rings (SSSR count). The Morgan fingerprint density at radius 1 is 1.09 bits per heavy atom. The number of β-amino-alcohol motifs (C(OH)–C–C–N with tert-alkyl or cyclic N) is 1. The van der Waals surface area contributed by atoms with Crippen molar-refractivity contribution in [2.24, 2.45) is 0 Å². The van der Waals surface area contributed by atoms with Gasteiger partial charge in [-0.25, -0.2) is 14.6 Å². The zero-order valence-corrected chi connectivity index (χ0v) is 18.7. The van der Waals surface area contributed by atoms with Crippen molar-refractivity contribution in [3.63, 3.8) is 0 Å². The Morgan fingerprint density at radius 2 is 1.71 bits per heavy atom. The van der Waals surface area contributed by atoms with Gasteiger partial charge in [0.25, 0.3) is 5.91 Å². The summed E-state index contributed by atoms with van der Waals surface area (Å²) in [5, 5.41) is 21.9. The monoisotopic (exact) mass is 479 g/mol. The van der Waals surface area contributed by atoms with Gasteiger partial charge < -0.3 is 25.2 Å². The van der Waals surface area contributed by atoms with Gasteiger partial charge in [0.05, 0.1) is 25.8 Å². The van der Waals surface area contributed by atoms with Crippen molar-refractivity contribution in [2.75, 3.05) is 19.7 Å². The lowest BCUT2D eigenvalue weighted by Crippen LogP contribution is -2.67. The SMILES string of the molecule is O=C(NCc1ncc(C(=O)N2CC(O)(C(=O)O)C2)s1)OCC1c2ccccc2-c2ccccc21. The first-order valence-electron chi connectivity index (χ1n) is 10.6. The lowest BCUT2D eigenvalue weighted by Gasteiger charge is -2.42. The lowest BCUT2D eigenvalue weighted by atomic mass is 9.94. The third-order valence-electron chi connectivity index (χ3n) is 6.08. The number of carboxylic acid groups (broad SMARTS) is 1. The van der Waals surface area contributed by atoms with Gasteiger partial charge in [0.2, 0.25) is 0 Å². The number of benzene rings is 2. The number of ether oxygens (including phenoxy) is 1. The molecule has 0 atom stereocenters. The molecule has 3 N–H and O–H groups in total. The van der Waals surface area contributed by atoms with Crippen LogP contribution in [0.5, 0.6) is 0 Å². The van der Waals surface area contributed by atoms with Gasteiger partial charge in [-0.15, -0.1) is 11.3 Å². The number of aromatic nitrogens is 1. The minimum Gasteiger partial charge on any atom is -0.479 e. The molecule has 0 radical (unpaired) electrons. The quantitative estimate of drug-likeness (QED) is 0.495. The fourth-order valence-electron chi connectivity index (χ4n) is 4.31. The predicted octanol–water partition coefficient (Wildman–Crippen LogP) is 2.45. The molecule has 2 amide bonds. The Labute approximate surface area is 198 Å². The third-order valence-corrected chi connectivity index (χ3v) is 7.07. The fourth-order valence-corrected chi connectivity index (χ4v) is 5.13. The van der Waals surface area contributed by atoms with E-state index >= 15 is 0 Å². The Bertz CT molecular complexity index is 1240. The highest BCUT2D eigenvalue weighted by atomic mass is 32.1. The summed E-state index contributed by atoms with van der Waals surface area (Å²) in [6, 6.07) is 16.2. The van der Waals surface area contributed by atoms with Crippen LogP contribution >= 0.6 is 11.3 Å². The van der Waals surface area contributed by atoms with Crippen molar-refractivity contribution >= 4 is 29.3 Å². The smallest absolute Gasteiger partial charge is 0.407 e. The van der Waals surface area contributed by atoms with Crippen molar-refractivity contribution in [2.45, 2.75) is 18.1 Å². The standard InChI is InChI=1S/C24H21N3O6S/c28-21(27-12-24(32,13-27)22(29)30)19-9-25-20(34-19)10-26-23(31)33-11-18-16-7-3-1-5-14(16)15-6-2-4-8-17(15)18/h1-9,18,32H,10-13H2,(H,26,31)(H,29,30).